The molecule has 0 aliphatic carbocycles. The second kappa shape index (κ2) is 7.58. The fourth-order valence-corrected chi connectivity index (χ4v) is 4.03. The number of para-hydroxylation sites is 1. The van der Waals surface area contributed by atoms with Crippen LogP contribution in [-0.4, -0.2) is 52.4 Å². The molecule has 1 amide bonds. The van der Waals surface area contributed by atoms with Gasteiger partial charge in [-0.25, -0.2) is 4.98 Å². The number of thioether (sulfide) groups is 1. The molecule has 1 aliphatic heterocycles. The van der Waals surface area contributed by atoms with Crippen molar-refractivity contribution >= 4 is 28.6 Å². The minimum atomic E-state index is -0.321. The van der Waals surface area contributed by atoms with Gasteiger partial charge in [0.05, 0.1) is 28.8 Å². The van der Waals surface area contributed by atoms with Crippen LogP contribution in [0.5, 0.6) is 0 Å². The summed E-state index contributed by atoms with van der Waals surface area (Å²) in [5.74, 6) is -0.00364. The molecule has 1 aliphatic rings. The first kappa shape index (κ1) is 17.9. The highest BCUT2D eigenvalue weighted by atomic mass is 32.2. The highest BCUT2D eigenvalue weighted by molar-refractivity contribution is 8.00. The molecular formula is C18H23N3O3S. The number of benzene rings is 1. The lowest BCUT2D eigenvalue weighted by Crippen LogP contribution is -2.32. The smallest absolute Gasteiger partial charge is 0.262 e. The van der Waals surface area contributed by atoms with Gasteiger partial charge in [0.15, 0.2) is 5.16 Å². The molecule has 0 spiro atoms. The molecule has 1 aromatic carbocycles. The van der Waals surface area contributed by atoms with Crippen LogP contribution in [0.25, 0.3) is 10.9 Å². The van der Waals surface area contributed by atoms with E-state index < -0.39 is 0 Å². The van der Waals surface area contributed by atoms with E-state index in [-0.39, 0.29) is 22.8 Å². The average molecular weight is 361 g/mol. The van der Waals surface area contributed by atoms with E-state index in [1.165, 1.54) is 11.8 Å². The van der Waals surface area contributed by atoms with Crippen molar-refractivity contribution < 1.29 is 9.53 Å². The Labute approximate surface area is 151 Å². The van der Waals surface area contributed by atoms with Crippen LogP contribution in [0.4, 0.5) is 0 Å². The van der Waals surface area contributed by atoms with Gasteiger partial charge in [-0.2, -0.15) is 0 Å². The molecule has 1 fully saturated rings. The van der Waals surface area contributed by atoms with Crippen LogP contribution in [0.15, 0.2) is 34.2 Å². The molecule has 2 atom stereocenters. The van der Waals surface area contributed by atoms with Crippen LogP contribution in [0.3, 0.4) is 0 Å². The molecule has 1 saturated heterocycles. The molecule has 25 heavy (non-hydrogen) atoms. The summed E-state index contributed by atoms with van der Waals surface area (Å²) < 4.78 is 7.37. The summed E-state index contributed by atoms with van der Waals surface area (Å²) in [7, 11) is 3.46. The number of hydrogen-bond donors (Lipinski definition) is 0. The van der Waals surface area contributed by atoms with Gasteiger partial charge in [0.25, 0.3) is 5.56 Å². The van der Waals surface area contributed by atoms with Gasteiger partial charge in [0.2, 0.25) is 5.91 Å². The maximum absolute atomic E-state index is 13.0. The van der Waals surface area contributed by atoms with E-state index >= 15 is 0 Å². The standard InChI is InChI=1S/C18H23N3O3S/c1-12(16(22)20(2)3)25-18-19-15-9-5-4-8-14(15)17(23)21(18)11-13-7-6-10-24-13/h4-5,8-9,12-13H,6-7,10-11H2,1-3H3/t12-,13-/m1/s1. The van der Waals surface area contributed by atoms with Crippen molar-refractivity contribution in [2.24, 2.45) is 0 Å². The first-order chi connectivity index (χ1) is 12.0. The number of nitrogens with zero attached hydrogens (tertiary/aromatic N) is 3. The number of fused-ring (bicyclic) bond motifs is 1. The zero-order valence-corrected chi connectivity index (χ0v) is 15.6. The van der Waals surface area contributed by atoms with Gasteiger partial charge < -0.3 is 9.64 Å². The summed E-state index contributed by atoms with van der Waals surface area (Å²) in [5, 5.41) is 0.845. The van der Waals surface area contributed by atoms with Crippen LogP contribution in [-0.2, 0) is 16.1 Å². The van der Waals surface area contributed by atoms with Crippen LogP contribution in [0, 0.1) is 0 Å². The third-order valence-corrected chi connectivity index (χ3v) is 5.39. The van der Waals surface area contributed by atoms with E-state index in [0.29, 0.717) is 22.6 Å². The number of rotatable bonds is 5. The average Bonchev–Trinajstić information content (AvgIpc) is 3.10. The second-order valence-corrected chi connectivity index (χ2v) is 7.76. The molecule has 0 unspecified atom stereocenters. The Kier molecular flexibility index (Phi) is 5.44. The van der Waals surface area contributed by atoms with E-state index in [9.17, 15) is 9.59 Å². The highest BCUT2D eigenvalue weighted by Gasteiger charge is 2.23. The molecule has 3 rings (SSSR count). The van der Waals surface area contributed by atoms with Gasteiger partial charge in [-0.05, 0) is 31.9 Å². The first-order valence-corrected chi connectivity index (χ1v) is 9.34. The predicted molar refractivity (Wildman–Crippen MR) is 99.0 cm³/mol. The van der Waals surface area contributed by atoms with Crippen LogP contribution < -0.4 is 5.56 Å². The maximum atomic E-state index is 13.0. The molecule has 1 aromatic heterocycles. The normalized spacial score (nSPS) is 18.4. The number of aromatic nitrogens is 2. The molecule has 2 heterocycles. The Morgan fingerprint density at radius 2 is 2.20 bits per heavy atom. The number of ether oxygens (including phenoxy) is 1. The van der Waals surface area contributed by atoms with E-state index in [4.69, 9.17) is 4.74 Å². The van der Waals surface area contributed by atoms with Crippen molar-refractivity contribution in [3.05, 3.63) is 34.6 Å². The Morgan fingerprint density at radius 3 is 2.88 bits per heavy atom. The van der Waals surface area contributed by atoms with E-state index in [2.05, 4.69) is 4.98 Å². The van der Waals surface area contributed by atoms with Crippen LogP contribution in [0.2, 0.25) is 0 Å². The topological polar surface area (TPSA) is 64.4 Å². The quantitative estimate of drug-likeness (QED) is 0.603. The summed E-state index contributed by atoms with van der Waals surface area (Å²) in [5.41, 5.74) is 0.580. The minimum absolute atomic E-state index is 0.00364. The molecule has 0 N–H and O–H groups in total. The number of hydrogen-bond acceptors (Lipinski definition) is 5. The molecule has 0 saturated carbocycles. The second-order valence-electron chi connectivity index (χ2n) is 6.46. The van der Waals surface area contributed by atoms with Gasteiger partial charge in [0, 0.05) is 20.7 Å². The fourth-order valence-electron chi connectivity index (χ4n) is 2.96. The molecule has 0 radical (unpaired) electrons. The molecule has 6 nitrogen and oxygen atoms in total. The number of carbonyl (C=O) groups is 1. The first-order valence-electron chi connectivity index (χ1n) is 8.46. The summed E-state index contributed by atoms with van der Waals surface area (Å²) in [6.07, 6.45) is 1.98. The maximum Gasteiger partial charge on any atom is 0.262 e. The molecule has 134 valence electrons. The van der Waals surface area contributed by atoms with Crippen molar-refractivity contribution in [1.29, 1.82) is 0 Å². The Hall–Kier alpha value is -1.86. The van der Waals surface area contributed by atoms with Crippen molar-refractivity contribution in [3.63, 3.8) is 0 Å². The Morgan fingerprint density at radius 1 is 1.44 bits per heavy atom. The zero-order chi connectivity index (χ0) is 18.0. The summed E-state index contributed by atoms with van der Waals surface area (Å²) in [4.78, 5) is 31.4. The summed E-state index contributed by atoms with van der Waals surface area (Å²) in [6.45, 7) is 3.05. The zero-order valence-electron chi connectivity index (χ0n) is 14.8. The van der Waals surface area contributed by atoms with Crippen LogP contribution in [0.1, 0.15) is 19.8 Å². The lowest BCUT2D eigenvalue weighted by Gasteiger charge is -2.20. The van der Waals surface area contributed by atoms with Gasteiger partial charge in [-0.1, -0.05) is 23.9 Å². The largest absolute Gasteiger partial charge is 0.376 e. The number of carbonyl (C=O) groups excluding carboxylic acids is 1. The Bertz CT molecular complexity index is 828. The summed E-state index contributed by atoms with van der Waals surface area (Å²) >= 11 is 1.32. The van der Waals surface area contributed by atoms with Crippen molar-refractivity contribution in [3.8, 4) is 0 Å². The lowest BCUT2D eigenvalue weighted by molar-refractivity contribution is -0.127. The third-order valence-electron chi connectivity index (χ3n) is 4.31. The van der Waals surface area contributed by atoms with Gasteiger partial charge in [0.1, 0.15) is 0 Å². The number of amides is 1. The molecular weight excluding hydrogens is 338 g/mol. The van der Waals surface area contributed by atoms with Gasteiger partial charge >= 0.3 is 0 Å². The van der Waals surface area contributed by atoms with Crippen molar-refractivity contribution in [2.75, 3.05) is 20.7 Å². The Balaban J connectivity index is 2.01. The third kappa shape index (κ3) is 3.88. The van der Waals surface area contributed by atoms with E-state index in [1.807, 2.05) is 25.1 Å². The van der Waals surface area contributed by atoms with Crippen molar-refractivity contribution in [1.82, 2.24) is 14.5 Å². The molecule has 7 heteroatoms. The highest BCUT2D eigenvalue weighted by Crippen LogP contribution is 2.25. The SMILES string of the molecule is C[C@@H](Sc1nc2ccccc2c(=O)n1C[C@H]1CCCO1)C(=O)N(C)C. The van der Waals surface area contributed by atoms with Crippen LogP contribution >= 0.6 is 11.8 Å². The van der Waals surface area contributed by atoms with E-state index in [1.54, 1.807) is 29.6 Å². The lowest BCUT2D eigenvalue weighted by atomic mass is 10.2. The molecule has 0 bridgehead atoms. The van der Waals surface area contributed by atoms with E-state index in [0.717, 1.165) is 19.4 Å². The monoisotopic (exact) mass is 361 g/mol. The van der Waals surface area contributed by atoms with Gasteiger partial charge in [-0.3, -0.25) is 14.2 Å². The van der Waals surface area contributed by atoms with Crippen molar-refractivity contribution in [2.45, 2.75) is 42.8 Å². The van der Waals surface area contributed by atoms with Gasteiger partial charge in [-0.15, -0.1) is 0 Å². The fraction of sp³-hybridized carbons (Fsp3) is 0.500. The molecule has 2 aromatic rings. The summed E-state index contributed by atoms with van der Waals surface area (Å²) in [6, 6.07) is 7.32. The predicted octanol–water partition coefficient (Wildman–Crippen LogP) is 2.14. The minimum Gasteiger partial charge on any atom is -0.376 e.